The Kier molecular flexibility index (Phi) is 2.39. The van der Waals surface area contributed by atoms with Gasteiger partial charge in [-0.2, -0.15) is 0 Å². The molecule has 0 unspecified atom stereocenters. The molecule has 2 rings (SSSR count). The van der Waals surface area contributed by atoms with E-state index in [0.29, 0.717) is 6.61 Å². The van der Waals surface area contributed by atoms with E-state index < -0.39 is 0 Å². The number of benzene rings is 1. The highest BCUT2D eigenvalue weighted by Crippen LogP contribution is 2.25. The van der Waals surface area contributed by atoms with Gasteiger partial charge in [-0.3, -0.25) is 0 Å². The highest BCUT2D eigenvalue weighted by atomic mass is 16.5. The standard InChI is InChI=1S/C11H13NO2/c1-2-14-11(13)10-7-8-5-3-4-6-9(8)12-10/h3-6,10,12H,2,7H2,1H3/t10-/m1/s1. The number of fused-ring (bicyclic) bond motifs is 1. The second kappa shape index (κ2) is 3.70. The van der Waals surface area contributed by atoms with E-state index in [2.05, 4.69) is 5.32 Å². The van der Waals surface area contributed by atoms with E-state index >= 15 is 0 Å². The first-order valence-electron chi connectivity index (χ1n) is 4.82. The molecule has 0 saturated carbocycles. The van der Waals surface area contributed by atoms with E-state index in [0.717, 1.165) is 12.1 Å². The molecule has 1 N–H and O–H groups in total. The van der Waals surface area contributed by atoms with Crippen molar-refractivity contribution in [2.24, 2.45) is 0 Å². The Labute approximate surface area is 83.1 Å². The minimum Gasteiger partial charge on any atom is -0.464 e. The zero-order chi connectivity index (χ0) is 9.97. The third kappa shape index (κ3) is 1.58. The monoisotopic (exact) mass is 191 g/mol. The SMILES string of the molecule is CCOC(=O)[C@H]1Cc2ccccc2N1. The van der Waals surface area contributed by atoms with Gasteiger partial charge in [-0.25, -0.2) is 4.79 Å². The lowest BCUT2D eigenvalue weighted by Gasteiger charge is -2.09. The number of carbonyl (C=O) groups excluding carboxylic acids is 1. The van der Waals surface area contributed by atoms with Crippen LogP contribution in [0.3, 0.4) is 0 Å². The maximum absolute atomic E-state index is 11.4. The van der Waals surface area contributed by atoms with Crippen LogP contribution in [0.25, 0.3) is 0 Å². The maximum atomic E-state index is 11.4. The van der Waals surface area contributed by atoms with Crippen molar-refractivity contribution in [3.8, 4) is 0 Å². The van der Waals surface area contributed by atoms with Gasteiger partial charge in [0.25, 0.3) is 0 Å². The average Bonchev–Trinajstić information content (AvgIpc) is 2.61. The van der Waals surface area contributed by atoms with E-state index in [-0.39, 0.29) is 12.0 Å². The lowest BCUT2D eigenvalue weighted by molar-refractivity contribution is -0.143. The quantitative estimate of drug-likeness (QED) is 0.721. The minimum absolute atomic E-state index is 0.163. The Balaban J connectivity index is 2.08. The van der Waals surface area contributed by atoms with Gasteiger partial charge in [0.05, 0.1) is 6.61 Å². The van der Waals surface area contributed by atoms with E-state index in [1.165, 1.54) is 5.56 Å². The van der Waals surface area contributed by atoms with Gasteiger partial charge in [0, 0.05) is 12.1 Å². The zero-order valence-corrected chi connectivity index (χ0v) is 8.12. The summed E-state index contributed by atoms with van der Waals surface area (Å²) in [4.78, 5) is 11.4. The average molecular weight is 191 g/mol. The highest BCUT2D eigenvalue weighted by molar-refractivity contribution is 5.82. The number of esters is 1. The molecule has 1 aliphatic rings. The maximum Gasteiger partial charge on any atom is 0.328 e. The van der Waals surface area contributed by atoms with Crippen LogP contribution in [0.5, 0.6) is 0 Å². The van der Waals surface area contributed by atoms with Crippen molar-refractivity contribution < 1.29 is 9.53 Å². The molecule has 1 aromatic rings. The number of rotatable bonds is 2. The summed E-state index contributed by atoms with van der Waals surface area (Å²) in [6.45, 7) is 2.26. The summed E-state index contributed by atoms with van der Waals surface area (Å²) in [7, 11) is 0. The number of ether oxygens (including phenoxy) is 1. The molecule has 3 heteroatoms. The molecular weight excluding hydrogens is 178 g/mol. The number of hydrogen-bond acceptors (Lipinski definition) is 3. The Morgan fingerprint density at radius 1 is 1.57 bits per heavy atom. The molecule has 1 aromatic carbocycles. The van der Waals surface area contributed by atoms with Crippen LogP contribution in [-0.4, -0.2) is 18.6 Å². The summed E-state index contributed by atoms with van der Waals surface area (Å²) in [5.74, 6) is -0.163. The highest BCUT2D eigenvalue weighted by Gasteiger charge is 2.26. The predicted molar refractivity (Wildman–Crippen MR) is 54.2 cm³/mol. The van der Waals surface area contributed by atoms with Crippen LogP contribution in [0.2, 0.25) is 0 Å². The summed E-state index contributed by atoms with van der Waals surface area (Å²) >= 11 is 0. The van der Waals surface area contributed by atoms with E-state index in [4.69, 9.17) is 4.74 Å². The summed E-state index contributed by atoms with van der Waals surface area (Å²) in [5.41, 5.74) is 2.23. The van der Waals surface area contributed by atoms with Crippen molar-refractivity contribution in [2.75, 3.05) is 11.9 Å². The molecule has 0 fully saturated rings. The van der Waals surface area contributed by atoms with Gasteiger partial charge in [-0.15, -0.1) is 0 Å². The number of anilines is 1. The van der Waals surface area contributed by atoms with Gasteiger partial charge in [0.1, 0.15) is 6.04 Å². The molecular formula is C11H13NO2. The Morgan fingerprint density at radius 2 is 2.36 bits per heavy atom. The van der Waals surface area contributed by atoms with Gasteiger partial charge in [0.2, 0.25) is 0 Å². The molecule has 3 nitrogen and oxygen atoms in total. The molecule has 0 amide bonds. The molecule has 14 heavy (non-hydrogen) atoms. The van der Waals surface area contributed by atoms with E-state index in [9.17, 15) is 4.79 Å². The van der Waals surface area contributed by atoms with Crippen LogP contribution in [-0.2, 0) is 16.0 Å². The van der Waals surface area contributed by atoms with Crippen LogP contribution >= 0.6 is 0 Å². The second-order valence-corrected chi connectivity index (χ2v) is 3.31. The summed E-state index contributed by atoms with van der Waals surface area (Å²) in [6, 6.07) is 7.75. The number of carbonyl (C=O) groups is 1. The molecule has 1 aliphatic heterocycles. The summed E-state index contributed by atoms with van der Waals surface area (Å²) in [6.07, 6.45) is 0.731. The Morgan fingerprint density at radius 3 is 3.07 bits per heavy atom. The lowest BCUT2D eigenvalue weighted by atomic mass is 10.1. The van der Waals surface area contributed by atoms with Gasteiger partial charge in [-0.05, 0) is 18.6 Å². The first-order valence-corrected chi connectivity index (χ1v) is 4.82. The third-order valence-corrected chi connectivity index (χ3v) is 2.34. The van der Waals surface area contributed by atoms with Crippen LogP contribution in [0.1, 0.15) is 12.5 Å². The molecule has 0 aromatic heterocycles. The molecule has 0 saturated heterocycles. The molecule has 74 valence electrons. The van der Waals surface area contributed by atoms with E-state index in [1.54, 1.807) is 0 Å². The largest absolute Gasteiger partial charge is 0.464 e. The molecule has 1 heterocycles. The summed E-state index contributed by atoms with van der Waals surface area (Å²) < 4.78 is 4.96. The molecule has 1 atom stereocenters. The van der Waals surface area contributed by atoms with Gasteiger partial charge >= 0.3 is 5.97 Å². The van der Waals surface area contributed by atoms with Crippen molar-refractivity contribution in [1.29, 1.82) is 0 Å². The van der Waals surface area contributed by atoms with Crippen molar-refractivity contribution in [3.63, 3.8) is 0 Å². The molecule has 0 spiro atoms. The fourth-order valence-electron chi connectivity index (χ4n) is 1.68. The smallest absolute Gasteiger partial charge is 0.328 e. The first kappa shape index (κ1) is 9.06. The Hall–Kier alpha value is -1.51. The van der Waals surface area contributed by atoms with Crippen molar-refractivity contribution >= 4 is 11.7 Å². The fraction of sp³-hybridized carbons (Fsp3) is 0.364. The summed E-state index contributed by atoms with van der Waals surface area (Å²) in [5, 5.41) is 3.14. The van der Waals surface area contributed by atoms with Crippen molar-refractivity contribution in [3.05, 3.63) is 29.8 Å². The number of hydrogen-bond donors (Lipinski definition) is 1. The van der Waals surface area contributed by atoms with Gasteiger partial charge in [0.15, 0.2) is 0 Å². The Bertz CT molecular complexity index is 324. The molecule has 0 aliphatic carbocycles. The normalized spacial score (nSPS) is 18.5. The van der Waals surface area contributed by atoms with E-state index in [1.807, 2.05) is 31.2 Å². The third-order valence-electron chi connectivity index (χ3n) is 2.34. The number of nitrogens with one attached hydrogen (secondary N) is 1. The lowest BCUT2D eigenvalue weighted by Crippen LogP contribution is -2.28. The minimum atomic E-state index is -0.202. The van der Waals surface area contributed by atoms with Crippen LogP contribution < -0.4 is 5.32 Å². The van der Waals surface area contributed by atoms with Crippen LogP contribution in [0.4, 0.5) is 5.69 Å². The zero-order valence-electron chi connectivity index (χ0n) is 8.12. The van der Waals surface area contributed by atoms with Crippen molar-refractivity contribution in [2.45, 2.75) is 19.4 Å². The molecule has 0 radical (unpaired) electrons. The number of para-hydroxylation sites is 1. The fourth-order valence-corrected chi connectivity index (χ4v) is 1.68. The first-order chi connectivity index (χ1) is 6.81. The molecule has 0 bridgehead atoms. The van der Waals surface area contributed by atoms with Crippen LogP contribution in [0, 0.1) is 0 Å². The predicted octanol–water partition coefficient (Wildman–Crippen LogP) is 1.59. The second-order valence-electron chi connectivity index (χ2n) is 3.31. The van der Waals surface area contributed by atoms with Crippen LogP contribution in [0.15, 0.2) is 24.3 Å². The van der Waals surface area contributed by atoms with Gasteiger partial charge < -0.3 is 10.1 Å². The topological polar surface area (TPSA) is 38.3 Å². The van der Waals surface area contributed by atoms with Crippen molar-refractivity contribution in [1.82, 2.24) is 0 Å². The van der Waals surface area contributed by atoms with Gasteiger partial charge in [-0.1, -0.05) is 18.2 Å².